The van der Waals surface area contributed by atoms with E-state index < -0.39 is 0 Å². The molecule has 0 saturated heterocycles. The van der Waals surface area contributed by atoms with E-state index in [1.807, 2.05) is 18.2 Å². The molecule has 1 rings (SSSR count). The van der Waals surface area contributed by atoms with Crippen LogP contribution in [0.5, 0.6) is 0 Å². The van der Waals surface area contributed by atoms with Gasteiger partial charge in [-0.15, -0.1) is 11.8 Å². The molecule has 16 heavy (non-hydrogen) atoms. The molecule has 0 atom stereocenters. The van der Waals surface area contributed by atoms with Crippen molar-refractivity contribution in [3.63, 3.8) is 0 Å². The summed E-state index contributed by atoms with van der Waals surface area (Å²) in [6.07, 6.45) is 0. The van der Waals surface area contributed by atoms with Crippen molar-refractivity contribution in [1.82, 2.24) is 4.90 Å². The predicted octanol–water partition coefficient (Wildman–Crippen LogP) is 3.36. The smallest absolute Gasteiger partial charge is 0.0543 e. The highest BCUT2D eigenvalue weighted by Gasteiger charge is 2.03. The highest BCUT2D eigenvalue weighted by Crippen LogP contribution is 2.28. The van der Waals surface area contributed by atoms with Crippen LogP contribution in [0.15, 0.2) is 23.1 Å². The van der Waals surface area contributed by atoms with Gasteiger partial charge in [-0.3, -0.25) is 0 Å². The zero-order chi connectivity index (χ0) is 12.0. The lowest BCUT2D eigenvalue weighted by Crippen LogP contribution is -2.25. The normalized spacial score (nSPS) is 11.0. The topological polar surface area (TPSA) is 29.3 Å². The number of hydrogen-bond donors (Lipinski definition) is 1. The molecule has 0 amide bonds. The van der Waals surface area contributed by atoms with E-state index in [4.69, 9.17) is 17.3 Å². The Morgan fingerprint density at radius 1 is 1.31 bits per heavy atom. The molecular formula is C12H19ClN2S. The van der Waals surface area contributed by atoms with Gasteiger partial charge in [0.15, 0.2) is 0 Å². The van der Waals surface area contributed by atoms with Crippen LogP contribution in [-0.2, 0) is 0 Å². The lowest BCUT2D eigenvalue weighted by Gasteiger charge is -2.17. The number of hydrogen-bond acceptors (Lipinski definition) is 3. The molecule has 90 valence electrons. The molecule has 4 heteroatoms. The van der Waals surface area contributed by atoms with E-state index in [2.05, 4.69) is 18.7 Å². The van der Waals surface area contributed by atoms with E-state index in [0.717, 1.165) is 41.0 Å². The SMILES string of the molecule is CCN(CC)CCSc1cc(N)ccc1Cl. The van der Waals surface area contributed by atoms with Crippen LogP contribution in [0.2, 0.25) is 5.02 Å². The Morgan fingerprint density at radius 3 is 2.62 bits per heavy atom. The van der Waals surface area contributed by atoms with E-state index in [1.165, 1.54) is 0 Å². The minimum absolute atomic E-state index is 0.773. The van der Waals surface area contributed by atoms with Gasteiger partial charge in [0.05, 0.1) is 5.02 Å². The van der Waals surface area contributed by atoms with Crippen molar-refractivity contribution in [2.24, 2.45) is 0 Å². The van der Waals surface area contributed by atoms with Crippen LogP contribution in [0.3, 0.4) is 0 Å². The summed E-state index contributed by atoms with van der Waals surface area (Å²) >= 11 is 7.86. The number of thioether (sulfide) groups is 1. The standard InChI is InChI=1S/C12H19ClN2S/c1-3-15(4-2)7-8-16-12-9-10(14)5-6-11(12)13/h5-6,9H,3-4,7-8,14H2,1-2H3. The third-order valence-corrected chi connectivity index (χ3v) is 3.99. The maximum absolute atomic E-state index is 6.09. The van der Waals surface area contributed by atoms with E-state index in [-0.39, 0.29) is 0 Å². The minimum Gasteiger partial charge on any atom is -0.399 e. The second-order valence-corrected chi connectivity index (χ2v) is 5.11. The quantitative estimate of drug-likeness (QED) is 0.627. The molecule has 0 aromatic heterocycles. The van der Waals surface area contributed by atoms with Crippen molar-refractivity contribution < 1.29 is 0 Å². The van der Waals surface area contributed by atoms with E-state index >= 15 is 0 Å². The Morgan fingerprint density at radius 2 is 2.00 bits per heavy atom. The number of nitrogens with two attached hydrogens (primary N) is 1. The summed E-state index contributed by atoms with van der Waals surface area (Å²) in [6.45, 7) is 7.65. The lowest BCUT2D eigenvalue weighted by atomic mass is 10.3. The van der Waals surface area contributed by atoms with Crippen molar-refractivity contribution in [3.05, 3.63) is 23.2 Å². The molecule has 0 fully saturated rings. The molecule has 0 bridgehead atoms. The Hall–Kier alpha value is -0.380. The summed E-state index contributed by atoms with van der Waals surface area (Å²) in [5.41, 5.74) is 6.50. The van der Waals surface area contributed by atoms with Gasteiger partial charge in [-0.1, -0.05) is 25.4 Å². The first-order valence-electron chi connectivity index (χ1n) is 5.57. The molecule has 2 N–H and O–H groups in total. The summed E-state index contributed by atoms with van der Waals surface area (Å²) in [7, 11) is 0. The fourth-order valence-electron chi connectivity index (χ4n) is 1.46. The van der Waals surface area contributed by atoms with Crippen LogP contribution in [0.4, 0.5) is 5.69 Å². The molecule has 1 aromatic carbocycles. The fraction of sp³-hybridized carbons (Fsp3) is 0.500. The third kappa shape index (κ3) is 4.24. The molecule has 0 aliphatic carbocycles. The van der Waals surface area contributed by atoms with Gasteiger partial charge in [0, 0.05) is 22.9 Å². The first-order valence-corrected chi connectivity index (χ1v) is 6.93. The minimum atomic E-state index is 0.773. The van der Waals surface area contributed by atoms with Crippen LogP contribution in [0, 0.1) is 0 Å². The van der Waals surface area contributed by atoms with Gasteiger partial charge >= 0.3 is 0 Å². The van der Waals surface area contributed by atoms with Crippen molar-refractivity contribution in [1.29, 1.82) is 0 Å². The zero-order valence-electron chi connectivity index (χ0n) is 9.87. The van der Waals surface area contributed by atoms with Crippen LogP contribution >= 0.6 is 23.4 Å². The first-order chi connectivity index (χ1) is 7.67. The second kappa shape index (κ2) is 7.05. The van der Waals surface area contributed by atoms with Gasteiger partial charge in [0.1, 0.15) is 0 Å². The summed E-state index contributed by atoms with van der Waals surface area (Å²) in [6, 6.07) is 5.63. The van der Waals surface area contributed by atoms with Gasteiger partial charge in [-0.05, 0) is 31.3 Å². The van der Waals surface area contributed by atoms with E-state index in [0.29, 0.717) is 0 Å². The van der Waals surface area contributed by atoms with Crippen molar-refractivity contribution in [2.45, 2.75) is 18.7 Å². The largest absolute Gasteiger partial charge is 0.399 e. The molecule has 0 spiro atoms. The third-order valence-electron chi connectivity index (χ3n) is 2.51. The molecule has 0 unspecified atom stereocenters. The van der Waals surface area contributed by atoms with Gasteiger partial charge in [-0.25, -0.2) is 0 Å². The Bertz CT molecular complexity index is 327. The monoisotopic (exact) mass is 258 g/mol. The van der Waals surface area contributed by atoms with Crippen LogP contribution in [0.1, 0.15) is 13.8 Å². The maximum atomic E-state index is 6.09. The summed E-state index contributed by atoms with van der Waals surface area (Å²) in [5, 5.41) is 0.791. The number of nitrogen functional groups attached to an aromatic ring is 1. The number of halogens is 1. The lowest BCUT2D eigenvalue weighted by molar-refractivity contribution is 0.324. The number of rotatable bonds is 6. The van der Waals surface area contributed by atoms with Crippen LogP contribution in [0.25, 0.3) is 0 Å². The molecule has 0 radical (unpaired) electrons. The van der Waals surface area contributed by atoms with E-state index in [1.54, 1.807) is 11.8 Å². The van der Waals surface area contributed by atoms with Gasteiger partial charge < -0.3 is 10.6 Å². The van der Waals surface area contributed by atoms with Gasteiger partial charge in [0.25, 0.3) is 0 Å². The molecule has 0 aliphatic rings. The molecule has 2 nitrogen and oxygen atoms in total. The Balaban J connectivity index is 2.45. The summed E-state index contributed by atoms with van der Waals surface area (Å²) < 4.78 is 0. The summed E-state index contributed by atoms with van der Waals surface area (Å²) in [5.74, 6) is 1.05. The van der Waals surface area contributed by atoms with Crippen molar-refractivity contribution >= 4 is 29.1 Å². The molecule has 0 heterocycles. The highest BCUT2D eigenvalue weighted by molar-refractivity contribution is 7.99. The molecule has 0 aliphatic heterocycles. The van der Waals surface area contributed by atoms with Gasteiger partial charge in [0.2, 0.25) is 0 Å². The van der Waals surface area contributed by atoms with E-state index in [9.17, 15) is 0 Å². The van der Waals surface area contributed by atoms with Crippen LogP contribution < -0.4 is 5.73 Å². The highest BCUT2D eigenvalue weighted by atomic mass is 35.5. The van der Waals surface area contributed by atoms with Crippen molar-refractivity contribution in [2.75, 3.05) is 31.1 Å². The Kier molecular flexibility index (Phi) is 6.03. The molecular weight excluding hydrogens is 240 g/mol. The number of nitrogens with zero attached hydrogens (tertiary/aromatic N) is 1. The average molecular weight is 259 g/mol. The first kappa shape index (κ1) is 13.7. The second-order valence-electron chi connectivity index (χ2n) is 3.57. The molecule has 0 saturated carbocycles. The maximum Gasteiger partial charge on any atom is 0.0543 e. The molecule has 1 aromatic rings. The summed E-state index contributed by atoms with van der Waals surface area (Å²) in [4.78, 5) is 3.47. The Labute approximate surface area is 107 Å². The average Bonchev–Trinajstić information content (AvgIpc) is 2.29. The fourth-order valence-corrected chi connectivity index (χ4v) is 2.73. The van der Waals surface area contributed by atoms with Crippen LogP contribution in [-0.4, -0.2) is 30.3 Å². The number of benzene rings is 1. The number of anilines is 1. The predicted molar refractivity (Wildman–Crippen MR) is 74.4 cm³/mol. The van der Waals surface area contributed by atoms with Gasteiger partial charge in [-0.2, -0.15) is 0 Å². The van der Waals surface area contributed by atoms with Crippen molar-refractivity contribution in [3.8, 4) is 0 Å². The zero-order valence-corrected chi connectivity index (χ0v) is 11.4.